The van der Waals surface area contributed by atoms with Crippen molar-refractivity contribution >= 4 is 34.8 Å². The lowest BCUT2D eigenvalue weighted by Gasteiger charge is -2.13. The molecule has 2 aromatic rings. The normalized spacial score (nSPS) is 9.90. The number of anilines is 3. The van der Waals surface area contributed by atoms with Crippen LogP contribution < -0.4 is 10.6 Å². The third-order valence-electron chi connectivity index (χ3n) is 2.30. The number of halogens is 2. The molecule has 102 valence electrons. The van der Waals surface area contributed by atoms with E-state index in [1.165, 1.54) is 12.4 Å². The molecule has 0 bridgehead atoms. The van der Waals surface area contributed by atoms with Gasteiger partial charge in [0.05, 0.1) is 16.4 Å². The number of nitrogens with zero attached hydrogens (tertiary/aromatic N) is 2. The number of amides is 1. The first-order chi connectivity index (χ1) is 9.60. The minimum Gasteiger partial charge on any atom is -0.321 e. The van der Waals surface area contributed by atoms with Crippen LogP contribution in [0, 0.1) is 5.82 Å². The Balaban J connectivity index is 2.39. The van der Waals surface area contributed by atoms with Gasteiger partial charge in [0.2, 0.25) is 11.9 Å². The van der Waals surface area contributed by atoms with Gasteiger partial charge in [-0.25, -0.2) is 14.4 Å². The maximum atomic E-state index is 13.4. The van der Waals surface area contributed by atoms with Crippen LogP contribution in [-0.2, 0) is 4.79 Å². The predicted molar refractivity (Wildman–Crippen MR) is 75.6 cm³/mol. The fourth-order valence-corrected chi connectivity index (χ4v) is 1.71. The lowest BCUT2D eigenvalue weighted by Crippen LogP contribution is -2.10. The Hall–Kier alpha value is -2.47. The van der Waals surface area contributed by atoms with Gasteiger partial charge >= 0.3 is 0 Å². The molecule has 7 heteroatoms. The van der Waals surface area contributed by atoms with Crippen molar-refractivity contribution in [3.8, 4) is 0 Å². The molecule has 0 saturated heterocycles. The molecule has 2 rings (SSSR count). The zero-order chi connectivity index (χ0) is 14.5. The highest BCUT2D eigenvalue weighted by atomic mass is 35.5. The van der Waals surface area contributed by atoms with Crippen LogP contribution in [0.3, 0.4) is 0 Å². The van der Waals surface area contributed by atoms with Gasteiger partial charge in [-0.05, 0) is 24.3 Å². The summed E-state index contributed by atoms with van der Waals surface area (Å²) < 4.78 is 13.4. The van der Waals surface area contributed by atoms with Crippen LogP contribution in [-0.4, -0.2) is 15.9 Å². The third-order valence-corrected chi connectivity index (χ3v) is 2.60. The van der Waals surface area contributed by atoms with Gasteiger partial charge in [0.15, 0.2) is 0 Å². The van der Waals surface area contributed by atoms with E-state index in [1.54, 1.807) is 6.07 Å². The molecule has 0 atom stereocenters. The van der Waals surface area contributed by atoms with Crippen LogP contribution in [0.25, 0.3) is 0 Å². The molecule has 0 saturated carbocycles. The molecule has 5 nitrogen and oxygen atoms in total. The van der Waals surface area contributed by atoms with E-state index in [0.29, 0.717) is 5.69 Å². The van der Waals surface area contributed by atoms with Crippen molar-refractivity contribution in [3.63, 3.8) is 0 Å². The summed E-state index contributed by atoms with van der Waals surface area (Å²) in [5.74, 6) is -0.785. The molecule has 0 unspecified atom stereocenters. The molecule has 0 aliphatic heterocycles. The van der Waals surface area contributed by atoms with Gasteiger partial charge in [-0.1, -0.05) is 18.2 Å². The van der Waals surface area contributed by atoms with Crippen LogP contribution in [0.5, 0.6) is 0 Å². The van der Waals surface area contributed by atoms with Crippen LogP contribution in [0.2, 0.25) is 5.02 Å². The van der Waals surface area contributed by atoms with Crippen LogP contribution in [0.4, 0.5) is 21.7 Å². The van der Waals surface area contributed by atoms with Crippen molar-refractivity contribution in [1.82, 2.24) is 9.97 Å². The molecule has 1 aromatic heterocycles. The van der Waals surface area contributed by atoms with Crippen LogP contribution >= 0.6 is 11.6 Å². The topological polar surface area (TPSA) is 66.9 Å². The predicted octanol–water partition coefficient (Wildman–Crippen LogP) is 3.14. The summed E-state index contributed by atoms with van der Waals surface area (Å²) >= 11 is 5.98. The molecule has 0 spiro atoms. The van der Waals surface area contributed by atoms with Crippen molar-refractivity contribution in [3.05, 3.63) is 54.1 Å². The number of carbonyl (C=O) groups is 1. The zero-order valence-corrected chi connectivity index (χ0v) is 11.0. The van der Waals surface area contributed by atoms with E-state index in [9.17, 15) is 9.18 Å². The van der Waals surface area contributed by atoms with E-state index in [2.05, 4.69) is 27.2 Å². The minimum atomic E-state index is -0.575. The van der Waals surface area contributed by atoms with Crippen molar-refractivity contribution in [2.24, 2.45) is 0 Å². The Morgan fingerprint density at radius 3 is 2.70 bits per heavy atom. The number of hydrogen-bond donors (Lipinski definition) is 2. The number of hydrogen-bond acceptors (Lipinski definition) is 4. The summed E-state index contributed by atoms with van der Waals surface area (Å²) in [6.45, 7) is 3.33. The Bertz CT molecular complexity index is 648. The standard InChI is InChI=1S/C13H10ClFN4O/c1-2-11(20)18-10-7-8(15)6-9(14)12(10)19-13-16-4-3-5-17-13/h2-7H,1H2,(H,18,20)(H,16,17,19). The maximum Gasteiger partial charge on any atom is 0.247 e. The Morgan fingerprint density at radius 1 is 1.35 bits per heavy atom. The first kappa shape index (κ1) is 14.0. The Morgan fingerprint density at radius 2 is 2.05 bits per heavy atom. The lowest BCUT2D eigenvalue weighted by molar-refractivity contribution is -0.111. The van der Waals surface area contributed by atoms with E-state index >= 15 is 0 Å². The minimum absolute atomic E-state index is 0.0943. The largest absolute Gasteiger partial charge is 0.321 e. The molecule has 1 amide bonds. The van der Waals surface area contributed by atoms with Gasteiger partial charge in [-0.3, -0.25) is 4.79 Å². The SMILES string of the molecule is C=CC(=O)Nc1cc(F)cc(Cl)c1Nc1ncccn1. The number of nitrogens with one attached hydrogen (secondary N) is 2. The van der Waals surface area contributed by atoms with Gasteiger partial charge in [0.25, 0.3) is 0 Å². The van der Waals surface area contributed by atoms with E-state index in [4.69, 9.17) is 11.6 Å². The smallest absolute Gasteiger partial charge is 0.247 e. The summed E-state index contributed by atoms with van der Waals surface area (Å²) in [7, 11) is 0. The van der Waals surface area contributed by atoms with Crippen molar-refractivity contribution in [1.29, 1.82) is 0 Å². The summed E-state index contributed by atoms with van der Waals surface area (Å²) in [5, 5.41) is 5.38. The average Bonchev–Trinajstić information content (AvgIpc) is 2.43. The molecule has 2 N–H and O–H groups in total. The second kappa shape index (κ2) is 6.12. The van der Waals surface area contributed by atoms with Crippen LogP contribution in [0.15, 0.2) is 43.2 Å². The van der Waals surface area contributed by atoms with Gasteiger partial charge in [0.1, 0.15) is 5.82 Å². The molecule has 1 heterocycles. The summed E-state index contributed by atoms with van der Waals surface area (Å²) in [6.07, 6.45) is 4.14. The van der Waals surface area contributed by atoms with Gasteiger partial charge in [-0.15, -0.1) is 0 Å². The number of carbonyl (C=O) groups excluding carboxylic acids is 1. The second-order valence-electron chi connectivity index (χ2n) is 3.70. The second-order valence-corrected chi connectivity index (χ2v) is 4.11. The maximum absolute atomic E-state index is 13.4. The number of benzene rings is 1. The van der Waals surface area contributed by atoms with Gasteiger partial charge < -0.3 is 10.6 Å². The monoisotopic (exact) mass is 292 g/mol. The van der Waals surface area contributed by atoms with Gasteiger partial charge in [0, 0.05) is 12.4 Å². The summed E-state index contributed by atoms with van der Waals surface area (Å²) in [4.78, 5) is 19.3. The number of rotatable bonds is 4. The summed E-state index contributed by atoms with van der Waals surface area (Å²) in [6, 6.07) is 3.91. The molecule has 0 aliphatic carbocycles. The van der Waals surface area contributed by atoms with E-state index in [1.807, 2.05) is 0 Å². The quantitative estimate of drug-likeness (QED) is 0.850. The lowest BCUT2D eigenvalue weighted by atomic mass is 10.2. The highest BCUT2D eigenvalue weighted by molar-refractivity contribution is 6.34. The Kier molecular flexibility index (Phi) is 4.27. The molecule has 0 aliphatic rings. The molecule has 1 aromatic carbocycles. The molecular formula is C13H10ClFN4O. The highest BCUT2D eigenvalue weighted by Crippen LogP contribution is 2.33. The number of aromatic nitrogens is 2. The third kappa shape index (κ3) is 3.30. The van der Waals surface area contributed by atoms with Crippen LogP contribution in [0.1, 0.15) is 0 Å². The van der Waals surface area contributed by atoms with E-state index in [-0.39, 0.29) is 16.7 Å². The average molecular weight is 293 g/mol. The molecule has 20 heavy (non-hydrogen) atoms. The first-order valence-corrected chi connectivity index (χ1v) is 5.94. The fourth-order valence-electron chi connectivity index (χ4n) is 1.46. The fraction of sp³-hybridized carbons (Fsp3) is 0. The summed E-state index contributed by atoms with van der Waals surface area (Å²) in [5.41, 5.74) is 0.474. The highest BCUT2D eigenvalue weighted by Gasteiger charge is 2.12. The molecule has 0 fully saturated rings. The van der Waals surface area contributed by atoms with Crippen molar-refractivity contribution in [2.45, 2.75) is 0 Å². The van der Waals surface area contributed by atoms with E-state index < -0.39 is 11.7 Å². The van der Waals surface area contributed by atoms with E-state index in [0.717, 1.165) is 18.2 Å². The first-order valence-electron chi connectivity index (χ1n) is 5.56. The zero-order valence-electron chi connectivity index (χ0n) is 10.2. The molecular weight excluding hydrogens is 283 g/mol. The van der Waals surface area contributed by atoms with Crippen molar-refractivity contribution < 1.29 is 9.18 Å². The van der Waals surface area contributed by atoms with Gasteiger partial charge in [-0.2, -0.15) is 0 Å². The molecule has 0 radical (unpaired) electrons. The van der Waals surface area contributed by atoms with Crippen molar-refractivity contribution in [2.75, 3.05) is 10.6 Å². The Labute approximate surface area is 119 Å².